The molecule has 0 aliphatic carbocycles. The third-order valence-corrected chi connectivity index (χ3v) is 6.06. The summed E-state index contributed by atoms with van der Waals surface area (Å²) in [5, 5.41) is 2.26. The molecule has 4 rings (SSSR count). The largest absolute Gasteiger partial charge is 0.488 e. The van der Waals surface area contributed by atoms with Gasteiger partial charge in [-0.3, -0.25) is 14.9 Å². The smallest absolute Gasteiger partial charge is 0.335 e. The predicted molar refractivity (Wildman–Crippen MR) is 133 cm³/mol. The van der Waals surface area contributed by atoms with Crippen LogP contribution in [-0.4, -0.2) is 17.8 Å². The number of barbiturate groups is 1. The number of carbonyl (C=O) groups excluding carboxylic acids is 3. The van der Waals surface area contributed by atoms with Crippen LogP contribution in [0.5, 0.6) is 5.75 Å². The van der Waals surface area contributed by atoms with E-state index in [0.29, 0.717) is 23.6 Å². The van der Waals surface area contributed by atoms with Gasteiger partial charge in [0.05, 0.1) is 5.69 Å². The van der Waals surface area contributed by atoms with Gasteiger partial charge >= 0.3 is 6.03 Å². The van der Waals surface area contributed by atoms with E-state index < -0.39 is 17.8 Å². The van der Waals surface area contributed by atoms with Crippen LogP contribution < -0.4 is 15.0 Å². The highest BCUT2D eigenvalue weighted by atomic mass is 79.9. The molecule has 1 saturated heterocycles. The van der Waals surface area contributed by atoms with Gasteiger partial charge in [0, 0.05) is 14.5 Å². The average molecular weight is 570 g/mol. The van der Waals surface area contributed by atoms with E-state index >= 15 is 0 Å². The number of imide groups is 2. The number of hydrogen-bond acceptors (Lipinski definition) is 4. The van der Waals surface area contributed by atoms with Crippen molar-refractivity contribution in [2.45, 2.75) is 13.5 Å². The van der Waals surface area contributed by atoms with Gasteiger partial charge in [-0.05, 0) is 60.5 Å². The summed E-state index contributed by atoms with van der Waals surface area (Å²) in [6.07, 6.45) is 1.44. The van der Waals surface area contributed by atoms with Gasteiger partial charge in [0.15, 0.2) is 0 Å². The van der Waals surface area contributed by atoms with Crippen molar-refractivity contribution >= 4 is 61.5 Å². The van der Waals surface area contributed by atoms with Gasteiger partial charge in [-0.25, -0.2) is 9.69 Å². The molecule has 3 aromatic rings. The van der Waals surface area contributed by atoms with E-state index in [9.17, 15) is 14.4 Å². The Morgan fingerprint density at radius 1 is 0.939 bits per heavy atom. The maximum Gasteiger partial charge on any atom is 0.335 e. The summed E-state index contributed by atoms with van der Waals surface area (Å²) < 4.78 is 7.70. The summed E-state index contributed by atoms with van der Waals surface area (Å²) >= 11 is 6.83. The summed E-state index contributed by atoms with van der Waals surface area (Å²) in [6.45, 7) is 2.09. The summed E-state index contributed by atoms with van der Waals surface area (Å²) in [7, 11) is 0. The number of hydrogen-bond donors (Lipinski definition) is 1. The van der Waals surface area contributed by atoms with Crippen LogP contribution in [0.2, 0.25) is 0 Å². The second-order valence-corrected chi connectivity index (χ2v) is 9.17. The monoisotopic (exact) mass is 568 g/mol. The van der Waals surface area contributed by atoms with Gasteiger partial charge in [-0.15, -0.1) is 0 Å². The SMILES string of the molecule is Cc1ccccc1N1C(=O)NC(=O)/C(=C\c2cc(Br)ccc2OCc2ccc(Br)cc2)C1=O. The fourth-order valence-electron chi connectivity index (χ4n) is 3.35. The van der Waals surface area contributed by atoms with Crippen molar-refractivity contribution in [3.05, 3.63) is 97.9 Å². The van der Waals surface area contributed by atoms with Crippen molar-refractivity contribution in [1.29, 1.82) is 0 Å². The first-order valence-corrected chi connectivity index (χ1v) is 11.6. The first kappa shape index (κ1) is 22.9. The molecule has 0 bridgehead atoms. The second kappa shape index (κ2) is 9.72. The number of amides is 4. The maximum atomic E-state index is 13.2. The minimum Gasteiger partial charge on any atom is -0.488 e. The second-order valence-electron chi connectivity index (χ2n) is 7.34. The van der Waals surface area contributed by atoms with Crippen molar-refractivity contribution in [2.75, 3.05) is 4.90 Å². The van der Waals surface area contributed by atoms with Crippen LogP contribution in [0.1, 0.15) is 16.7 Å². The average Bonchev–Trinajstić information content (AvgIpc) is 2.78. The van der Waals surface area contributed by atoms with Gasteiger partial charge in [0.1, 0.15) is 17.9 Å². The molecule has 166 valence electrons. The van der Waals surface area contributed by atoms with Crippen molar-refractivity contribution in [3.63, 3.8) is 0 Å². The van der Waals surface area contributed by atoms with Gasteiger partial charge in [-0.2, -0.15) is 0 Å². The van der Waals surface area contributed by atoms with E-state index in [-0.39, 0.29) is 5.57 Å². The highest BCUT2D eigenvalue weighted by Crippen LogP contribution is 2.29. The van der Waals surface area contributed by atoms with Crippen LogP contribution in [0, 0.1) is 6.92 Å². The Bertz CT molecular complexity index is 1290. The number of rotatable bonds is 5. The van der Waals surface area contributed by atoms with Crippen LogP contribution in [0.3, 0.4) is 0 Å². The standard InChI is InChI=1S/C25H18Br2N2O4/c1-15-4-2-3-5-21(15)29-24(31)20(23(30)28-25(29)32)13-17-12-19(27)10-11-22(17)33-14-16-6-8-18(26)9-7-16/h2-13H,14H2,1H3,(H,28,30,32)/b20-13+. The van der Waals surface area contributed by atoms with Crippen LogP contribution in [0.4, 0.5) is 10.5 Å². The third kappa shape index (κ3) is 5.07. The molecule has 1 aliphatic heterocycles. The Morgan fingerprint density at radius 2 is 1.64 bits per heavy atom. The molecule has 1 heterocycles. The van der Waals surface area contributed by atoms with Crippen LogP contribution in [0.25, 0.3) is 6.08 Å². The summed E-state index contributed by atoms with van der Waals surface area (Å²) in [4.78, 5) is 39.3. The lowest BCUT2D eigenvalue weighted by molar-refractivity contribution is -0.122. The summed E-state index contributed by atoms with van der Waals surface area (Å²) in [6, 6.07) is 19.2. The topological polar surface area (TPSA) is 75.7 Å². The van der Waals surface area contributed by atoms with E-state index in [4.69, 9.17) is 4.74 Å². The van der Waals surface area contributed by atoms with Crippen molar-refractivity contribution in [1.82, 2.24) is 5.32 Å². The van der Waals surface area contributed by atoms with Crippen LogP contribution in [0.15, 0.2) is 81.2 Å². The van der Waals surface area contributed by atoms with E-state index in [1.54, 1.807) is 37.3 Å². The molecule has 1 fully saturated rings. The molecule has 0 spiro atoms. The number of para-hydroxylation sites is 1. The number of carbonyl (C=O) groups is 3. The number of urea groups is 1. The number of nitrogens with zero attached hydrogens (tertiary/aromatic N) is 1. The molecular weight excluding hydrogens is 552 g/mol. The zero-order valence-corrected chi connectivity index (χ0v) is 20.6. The fourth-order valence-corrected chi connectivity index (χ4v) is 3.99. The van der Waals surface area contributed by atoms with E-state index in [1.807, 2.05) is 36.4 Å². The van der Waals surface area contributed by atoms with Crippen molar-refractivity contribution in [3.8, 4) is 5.75 Å². The Hall–Kier alpha value is -3.23. The molecular formula is C25H18Br2N2O4. The quantitative estimate of drug-likeness (QED) is 0.313. The van der Waals surface area contributed by atoms with Gasteiger partial charge in [0.25, 0.3) is 11.8 Å². The summed E-state index contributed by atoms with van der Waals surface area (Å²) in [5.41, 5.74) is 2.47. The first-order valence-electron chi connectivity index (χ1n) is 9.97. The van der Waals surface area contributed by atoms with E-state index in [0.717, 1.165) is 25.0 Å². The summed E-state index contributed by atoms with van der Waals surface area (Å²) in [5.74, 6) is -0.959. The highest BCUT2D eigenvalue weighted by Gasteiger charge is 2.37. The van der Waals surface area contributed by atoms with Gasteiger partial charge in [0.2, 0.25) is 0 Å². The molecule has 0 radical (unpaired) electrons. The lowest BCUT2D eigenvalue weighted by Crippen LogP contribution is -2.54. The third-order valence-electron chi connectivity index (χ3n) is 5.04. The number of benzene rings is 3. The predicted octanol–water partition coefficient (Wildman–Crippen LogP) is 5.77. The molecule has 0 saturated carbocycles. The zero-order valence-electron chi connectivity index (χ0n) is 17.5. The Labute approximate surface area is 207 Å². The number of ether oxygens (including phenoxy) is 1. The normalized spacial score (nSPS) is 15.1. The zero-order chi connectivity index (χ0) is 23.5. The molecule has 0 aromatic heterocycles. The molecule has 1 aliphatic rings. The Kier molecular flexibility index (Phi) is 6.76. The number of halogens is 2. The van der Waals surface area contributed by atoms with Crippen LogP contribution >= 0.6 is 31.9 Å². The van der Waals surface area contributed by atoms with Crippen molar-refractivity contribution < 1.29 is 19.1 Å². The lowest BCUT2D eigenvalue weighted by Gasteiger charge is -2.27. The van der Waals surface area contributed by atoms with Gasteiger partial charge < -0.3 is 4.74 Å². The fraction of sp³-hybridized carbons (Fsp3) is 0.0800. The van der Waals surface area contributed by atoms with E-state index in [2.05, 4.69) is 37.2 Å². The molecule has 4 amide bonds. The Balaban J connectivity index is 1.68. The van der Waals surface area contributed by atoms with E-state index in [1.165, 1.54) is 6.08 Å². The van der Waals surface area contributed by atoms with Gasteiger partial charge in [-0.1, -0.05) is 62.2 Å². The molecule has 33 heavy (non-hydrogen) atoms. The molecule has 6 nitrogen and oxygen atoms in total. The molecule has 3 aromatic carbocycles. The number of nitrogens with one attached hydrogen (secondary N) is 1. The molecule has 0 unspecified atom stereocenters. The van der Waals surface area contributed by atoms with Crippen LogP contribution in [-0.2, 0) is 16.2 Å². The maximum absolute atomic E-state index is 13.2. The molecule has 1 N–H and O–H groups in total. The number of aryl methyl sites for hydroxylation is 1. The first-order chi connectivity index (χ1) is 15.8. The minimum atomic E-state index is -0.780. The van der Waals surface area contributed by atoms with Crippen molar-refractivity contribution in [2.24, 2.45) is 0 Å². The number of anilines is 1. The molecule has 8 heteroatoms. The molecule has 0 atom stereocenters. The minimum absolute atomic E-state index is 0.163. The highest BCUT2D eigenvalue weighted by molar-refractivity contribution is 9.10. The lowest BCUT2D eigenvalue weighted by atomic mass is 10.0. The Morgan fingerprint density at radius 3 is 2.36 bits per heavy atom.